The molecule has 0 saturated carbocycles. The summed E-state index contributed by atoms with van der Waals surface area (Å²) in [6.45, 7) is 9.27. The summed E-state index contributed by atoms with van der Waals surface area (Å²) in [6, 6.07) is 0. The van der Waals surface area contributed by atoms with Crippen LogP contribution in [0.1, 0.15) is 39.9 Å². The van der Waals surface area contributed by atoms with Crippen LogP contribution in [0.5, 0.6) is 0 Å². The van der Waals surface area contributed by atoms with Crippen LogP contribution in [0.4, 0.5) is 0 Å². The minimum atomic E-state index is -0.357. The zero-order valence-corrected chi connectivity index (χ0v) is 14.4. The molecule has 3 N–H and O–H groups in total. The third-order valence-electron chi connectivity index (χ3n) is 2.94. The van der Waals surface area contributed by atoms with Crippen LogP contribution in [0.3, 0.4) is 0 Å². The third kappa shape index (κ3) is 5.67. The average Bonchev–Trinajstić information content (AvgIpc) is 2.78. The minimum absolute atomic E-state index is 0.0229. The molecule has 0 aliphatic rings. The third-order valence-corrected chi connectivity index (χ3v) is 4.02. The summed E-state index contributed by atoms with van der Waals surface area (Å²) >= 11 is 1.38. The average molecular weight is 327 g/mol. The maximum absolute atomic E-state index is 11.9. The second-order valence-electron chi connectivity index (χ2n) is 5.52. The van der Waals surface area contributed by atoms with Crippen LogP contribution in [0.15, 0.2) is 5.16 Å². The molecule has 2 amide bonds. The highest BCUT2D eigenvalue weighted by Gasteiger charge is 2.20. The Morgan fingerprint density at radius 3 is 2.55 bits per heavy atom. The fourth-order valence-corrected chi connectivity index (χ4v) is 2.81. The summed E-state index contributed by atoms with van der Waals surface area (Å²) in [5.74, 6) is 0.759. The molecule has 1 aromatic heterocycles. The number of hydrogen-bond acceptors (Lipinski definition) is 5. The Balaban J connectivity index is 2.88. The minimum Gasteiger partial charge on any atom is -0.370 e. The van der Waals surface area contributed by atoms with Crippen LogP contribution < -0.4 is 11.1 Å². The predicted octanol–water partition coefficient (Wildman–Crippen LogP) is 0.969. The number of carbonyl (C=O) groups excluding carboxylic acids is 2. The molecule has 0 aliphatic carbocycles. The topological polar surface area (TPSA) is 103 Å². The maximum atomic E-state index is 11.9. The Labute approximate surface area is 135 Å². The lowest BCUT2D eigenvalue weighted by Crippen LogP contribution is -2.30. The van der Waals surface area contributed by atoms with Gasteiger partial charge in [-0.25, -0.2) is 0 Å². The van der Waals surface area contributed by atoms with Crippen molar-refractivity contribution in [3.63, 3.8) is 0 Å². The van der Waals surface area contributed by atoms with Crippen molar-refractivity contribution in [1.29, 1.82) is 0 Å². The van der Waals surface area contributed by atoms with E-state index in [9.17, 15) is 9.59 Å². The molecule has 1 rings (SSSR count). The molecule has 7 nitrogen and oxygen atoms in total. The number of hydrogen-bond donors (Lipinski definition) is 2. The Bertz CT molecular complexity index is 515. The SMILES string of the molecule is CCNC(=O)[C@@H](C)Sc1nnc(CCC(N)=O)n1CC(C)C. The van der Waals surface area contributed by atoms with E-state index in [0.29, 0.717) is 24.0 Å². The molecule has 0 bridgehead atoms. The van der Waals surface area contributed by atoms with Crippen LogP contribution in [-0.4, -0.2) is 38.4 Å². The largest absolute Gasteiger partial charge is 0.370 e. The molecule has 8 heteroatoms. The van der Waals surface area contributed by atoms with Crippen molar-refractivity contribution in [3.05, 3.63) is 5.82 Å². The van der Waals surface area contributed by atoms with Crippen LogP contribution >= 0.6 is 11.8 Å². The lowest BCUT2D eigenvalue weighted by molar-refractivity contribution is -0.120. The van der Waals surface area contributed by atoms with Gasteiger partial charge in [-0.15, -0.1) is 10.2 Å². The quantitative estimate of drug-likeness (QED) is 0.658. The van der Waals surface area contributed by atoms with Crippen molar-refractivity contribution in [2.45, 2.75) is 57.5 Å². The molecule has 124 valence electrons. The van der Waals surface area contributed by atoms with E-state index in [1.54, 1.807) is 0 Å². The van der Waals surface area contributed by atoms with E-state index in [-0.39, 0.29) is 23.5 Å². The van der Waals surface area contributed by atoms with Crippen LogP contribution in [0, 0.1) is 5.92 Å². The molecule has 0 radical (unpaired) electrons. The summed E-state index contributed by atoms with van der Waals surface area (Å²) in [4.78, 5) is 22.8. The van der Waals surface area contributed by atoms with Gasteiger partial charge in [0.25, 0.3) is 0 Å². The predicted molar refractivity (Wildman–Crippen MR) is 86.4 cm³/mol. The Morgan fingerprint density at radius 1 is 1.32 bits per heavy atom. The van der Waals surface area contributed by atoms with Gasteiger partial charge < -0.3 is 15.6 Å². The molecular weight excluding hydrogens is 302 g/mol. The number of rotatable bonds is 9. The Morgan fingerprint density at radius 2 is 2.00 bits per heavy atom. The maximum Gasteiger partial charge on any atom is 0.233 e. The van der Waals surface area contributed by atoms with E-state index < -0.39 is 0 Å². The van der Waals surface area contributed by atoms with E-state index in [2.05, 4.69) is 29.4 Å². The number of aromatic nitrogens is 3. The molecule has 1 atom stereocenters. The second-order valence-corrected chi connectivity index (χ2v) is 6.83. The van der Waals surface area contributed by atoms with Crippen molar-refractivity contribution in [2.24, 2.45) is 11.7 Å². The molecule has 0 aromatic carbocycles. The molecule has 0 fully saturated rings. The van der Waals surface area contributed by atoms with Gasteiger partial charge in [-0.3, -0.25) is 9.59 Å². The summed E-state index contributed by atoms with van der Waals surface area (Å²) in [5.41, 5.74) is 5.20. The smallest absolute Gasteiger partial charge is 0.233 e. The highest BCUT2D eigenvalue weighted by molar-refractivity contribution is 8.00. The number of primary amides is 1. The van der Waals surface area contributed by atoms with Gasteiger partial charge in [0.15, 0.2) is 5.16 Å². The summed E-state index contributed by atoms with van der Waals surface area (Å²) in [6.07, 6.45) is 0.706. The number of aryl methyl sites for hydroxylation is 1. The van der Waals surface area contributed by atoms with Crippen LogP contribution in [0.25, 0.3) is 0 Å². The number of thioether (sulfide) groups is 1. The Kier molecular flexibility index (Phi) is 7.37. The van der Waals surface area contributed by atoms with Gasteiger partial charge in [0.2, 0.25) is 11.8 Å². The molecule has 22 heavy (non-hydrogen) atoms. The number of amides is 2. The molecular formula is C14H25N5O2S. The Hall–Kier alpha value is -1.57. The molecule has 1 aromatic rings. The molecule has 0 saturated heterocycles. The molecule has 0 unspecified atom stereocenters. The molecule has 0 aliphatic heterocycles. The number of nitrogens with two attached hydrogens (primary N) is 1. The first-order valence-electron chi connectivity index (χ1n) is 7.49. The van der Waals surface area contributed by atoms with Crippen molar-refractivity contribution in [3.8, 4) is 0 Å². The van der Waals surface area contributed by atoms with Crippen molar-refractivity contribution >= 4 is 23.6 Å². The van der Waals surface area contributed by atoms with Gasteiger partial charge in [0, 0.05) is 25.9 Å². The van der Waals surface area contributed by atoms with E-state index >= 15 is 0 Å². The normalized spacial score (nSPS) is 12.4. The van der Waals surface area contributed by atoms with E-state index in [1.807, 2.05) is 18.4 Å². The lowest BCUT2D eigenvalue weighted by atomic mass is 10.2. The highest BCUT2D eigenvalue weighted by Crippen LogP contribution is 2.24. The monoisotopic (exact) mass is 327 g/mol. The van der Waals surface area contributed by atoms with Gasteiger partial charge in [-0.2, -0.15) is 0 Å². The first-order chi connectivity index (χ1) is 10.3. The van der Waals surface area contributed by atoms with Gasteiger partial charge in [0.05, 0.1) is 5.25 Å². The number of nitrogens with one attached hydrogen (secondary N) is 1. The first-order valence-corrected chi connectivity index (χ1v) is 8.37. The van der Waals surface area contributed by atoms with Gasteiger partial charge in [-0.1, -0.05) is 25.6 Å². The fourth-order valence-electron chi connectivity index (χ4n) is 1.90. The van der Waals surface area contributed by atoms with E-state index in [4.69, 9.17) is 5.73 Å². The fraction of sp³-hybridized carbons (Fsp3) is 0.714. The zero-order valence-electron chi connectivity index (χ0n) is 13.6. The van der Waals surface area contributed by atoms with Gasteiger partial charge >= 0.3 is 0 Å². The molecule has 0 spiro atoms. The van der Waals surface area contributed by atoms with Crippen LogP contribution in [0.2, 0.25) is 0 Å². The van der Waals surface area contributed by atoms with Crippen molar-refractivity contribution in [1.82, 2.24) is 20.1 Å². The molecule has 1 heterocycles. The van der Waals surface area contributed by atoms with Crippen molar-refractivity contribution in [2.75, 3.05) is 6.54 Å². The van der Waals surface area contributed by atoms with E-state index in [1.165, 1.54) is 11.8 Å². The summed E-state index contributed by atoms with van der Waals surface area (Å²) < 4.78 is 1.98. The highest BCUT2D eigenvalue weighted by atomic mass is 32.2. The standard InChI is InChI=1S/C14H25N5O2S/c1-5-16-13(21)10(4)22-14-18-17-12(7-6-11(15)20)19(14)8-9(2)3/h9-10H,5-8H2,1-4H3,(H2,15,20)(H,16,21)/t10-/m1/s1. The lowest BCUT2D eigenvalue weighted by Gasteiger charge is -2.14. The van der Waals surface area contributed by atoms with Gasteiger partial charge in [0.1, 0.15) is 5.82 Å². The van der Waals surface area contributed by atoms with Crippen LogP contribution in [-0.2, 0) is 22.6 Å². The van der Waals surface area contributed by atoms with Crippen molar-refractivity contribution < 1.29 is 9.59 Å². The van der Waals surface area contributed by atoms with E-state index in [0.717, 1.165) is 12.4 Å². The number of nitrogens with zero attached hydrogens (tertiary/aromatic N) is 3. The first kappa shape index (κ1) is 18.5. The number of carbonyl (C=O) groups is 2. The second kappa shape index (κ2) is 8.77. The zero-order chi connectivity index (χ0) is 16.7. The van der Waals surface area contributed by atoms with Gasteiger partial charge in [-0.05, 0) is 19.8 Å². The summed E-state index contributed by atoms with van der Waals surface area (Å²) in [7, 11) is 0. The summed E-state index contributed by atoms with van der Waals surface area (Å²) in [5, 5.41) is 11.6.